The van der Waals surface area contributed by atoms with Crippen molar-refractivity contribution in [2.45, 2.75) is 64.8 Å². The van der Waals surface area contributed by atoms with E-state index in [1.165, 1.54) is 25.7 Å². The number of hydrogen-bond acceptors (Lipinski definition) is 3. The van der Waals surface area contributed by atoms with Crippen molar-refractivity contribution in [3.05, 3.63) is 12.2 Å². The molecule has 4 rings (SSSR count). The summed E-state index contributed by atoms with van der Waals surface area (Å²) in [6.45, 7) is 8.75. The van der Waals surface area contributed by atoms with Crippen molar-refractivity contribution in [3.8, 4) is 0 Å². The molecule has 4 aliphatic carbocycles. The summed E-state index contributed by atoms with van der Waals surface area (Å²) in [5.41, 5.74) is 2.28. The lowest BCUT2D eigenvalue weighted by Crippen LogP contribution is -2.52. The Hall–Kier alpha value is -1.32. The van der Waals surface area contributed by atoms with Gasteiger partial charge in [0, 0.05) is 6.04 Å². The van der Waals surface area contributed by atoms with E-state index in [4.69, 9.17) is 4.84 Å². The molecule has 1 amide bonds. The van der Waals surface area contributed by atoms with Gasteiger partial charge in [-0.25, -0.2) is 4.79 Å². The minimum Gasteiger partial charge on any atom is -0.317 e. The van der Waals surface area contributed by atoms with Gasteiger partial charge in [0.1, 0.15) is 0 Å². The molecule has 4 saturated carbocycles. The third kappa shape index (κ3) is 2.72. The number of hydrogen-bond donors (Lipinski definition) is 1. The van der Waals surface area contributed by atoms with Crippen molar-refractivity contribution in [2.75, 3.05) is 0 Å². The van der Waals surface area contributed by atoms with Gasteiger partial charge in [0.2, 0.25) is 0 Å². The summed E-state index contributed by atoms with van der Waals surface area (Å²) in [7, 11) is 0. The minimum atomic E-state index is -0.416. The first-order valence-corrected chi connectivity index (χ1v) is 8.22. The standard InChI is InChI=1S/C17H26N2O2/c1-11-14-9-12(17(14,2)3)10-15(11)19-21-16(20)18-13-7-5-4-6-8-13/h12-14H,1,4-10H2,2-3H3,(H,18,20)/b19-15-/t12-,14+/m1/s1. The Morgan fingerprint density at radius 1 is 1.33 bits per heavy atom. The van der Waals surface area contributed by atoms with Crippen LogP contribution < -0.4 is 5.32 Å². The molecule has 4 heteroatoms. The molecule has 0 unspecified atom stereocenters. The van der Waals surface area contributed by atoms with E-state index in [2.05, 4.69) is 30.9 Å². The molecule has 0 aromatic rings. The highest BCUT2D eigenvalue weighted by Crippen LogP contribution is 2.59. The summed E-state index contributed by atoms with van der Waals surface area (Å²) in [5.74, 6) is 1.15. The molecule has 2 atom stereocenters. The molecule has 4 nitrogen and oxygen atoms in total. The molecule has 0 saturated heterocycles. The highest BCUT2D eigenvalue weighted by atomic mass is 16.7. The zero-order chi connectivity index (χ0) is 15.0. The van der Waals surface area contributed by atoms with Crippen LogP contribution in [0, 0.1) is 17.3 Å². The van der Waals surface area contributed by atoms with Crippen LogP contribution >= 0.6 is 0 Å². The molecule has 21 heavy (non-hydrogen) atoms. The van der Waals surface area contributed by atoms with Crippen molar-refractivity contribution in [3.63, 3.8) is 0 Å². The Morgan fingerprint density at radius 3 is 2.67 bits per heavy atom. The van der Waals surface area contributed by atoms with Gasteiger partial charge >= 0.3 is 6.09 Å². The quantitative estimate of drug-likeness (QED) is 0.616. The number of carbonyl (C=O) groups is 1. The zero-order valence-electron chi connectivity index (χ0n) is 13.2. The second kappa shape index (κ2) is 5.47. The van der Waals surface area contributed by atoms with Gasteiger partial charge in [-0.05, 0) is 48.5 Å². The van der Waals surface area contributed by atoms with Crippen molar-refractivity contribution < 1.29 is 9.63 Å². The summed E-state index contributed by atoms with van der Waals surface area (Å²) >= 11 is 0. The third-order valence-corrected chi connectivity index (χ3v) is 5.87. The van der Waals surface area contributed by atoms with Gasteiger partial charge in [-0.3, -0.25) is 4.84 Å². The Kier molecular flexibility index (Phi) is 3.80. The van der Waals surface area contributed by atoms with Crippen molar-refractivity contribution in [1.29, 1.82) is 0 Å². The van der Waals surface area contributed by atoms with Crippen molar-refractivity contribution >= 4 is 11.8 Å². The molecule has 4 aliphatic rings. The first-order valence-electron chi connectivity index (χ1n) is 8.22. The maximum Gasteiger partial charge on any atom is 0.433 e. The molecule has 4 fully saturated rings. The predicted octanol–water partition coefficient (Wildman–Crippen LogP) is 4.02. The van der Waals surface area contributed by atoms with Crippen LogP contribution in [0.2, 0.25) is 0 Å². The molecule has 0 aromatic heterocycles. The fourth-order valence-corrected chi connectivity index (χ4v) is 4.15. The molecular formula is C17H26N2O2. The molecule has 0 aromatic carbocycles. The van der Waals surface area contributed by atoms with E-state index in [1.54, 1.807) is 0 Å². The zero-order valence-corrected chi connectivity index (χ0v) is 13.2. The number of carbonyl (C=O) groups excluding carboxylic acids is 1. The SMILES string of the molecule is C=C1/C(=N\OC(=O)NC2CCCCC2)C[C@H]2C[C@@H]1C2(C)C. The van der Waals surface area contributed by atoms with Gasteiger partial charge in [-0.15, -0.1) is 0 Å². The normalized spacial score (nSPS) is 33.4. The van der Waals surface area contributed by atoms with Gasteiger partial charge in [0.15, 0.2) is 0 Å². The number of nitrogens with one attached hydrogen (secondary N) is 1. The third-order valence-electron chi connectivity index (χ3n) is 5.87. The minimum absolute atomic E-state index is 0.258. The first-order chi connectivity index (χ1) is 9.98. The molecule has 0 heterocycles. The molecule has 116 valence electrons. The molecule has 1 N–H and O–H groups in total. The fraction of sp³-hybridized carbons (Fsp3) is 0.765. The number of rotatable bonds is 2. The fourth-order valence-electron chi connectivity index (χ4n) is 4.15. The second-order valence-electron chi connectivity index (χ2n) is 7.43. The summed E-state index contributed by atoms with van der Waals surface area (Å²) in [6, 6.07) is 0.258. The molecular weight excluding hydrogens is 264 g/mol. The van der Waals surface area contributed by atoms with Crippen LogP contribution in [0.4, 0.5) is 4.79 Å². The second-order valence-corrected chi connectivity index (χ2v) is 7.43. The van der Waals surface area contributed by atoms with Crippen LogP contribution in [0.25, 0.3) is 0 Å². The molecule has 0 radical (unpaired) electrons. The average Bonchev–Trinajstić information content (AvgIpc) is 2.46. The highest BCUT2D eigenvalue weighted by Gasteiger charge is 2.54. The first kappa shape index (κ1) is 14.6. The topological polar surface area (TPSA) is 50.7 Å². The molecule has 0 aliphatic heterocycles. The largest absolute Gasteiger partial charge is 0.433 e. The van der Waals surface area contributed by atoms with E-state index in [-0.39, 0.29) is 6.04 Å². The van der Waals surface area contributed by atoms with Crippen LogP contribution in [0.3, 0.4) is 0 Å². The lowest BCUT2D eigenvalue weighted by Gasteiger charge is -2.57. The maximum absolute atomic E-state index is 11.8. The predicted molar refractivity (Wildman–Crippen MR) is 83.1 cm³/mol. The van der Waals surface area contributed by atoms with Crippen LogP contribution in [0.15, 0.2) is 17.3 Å². The summed E-state index contributed by atoms with van der Waals surface area (Å²) in [4.78, 5) is 16.9. The number of allylic oxidation sites excluding steroid dienone is 1. The number of amides is 1. The molecule has 0 spiro atoms. The van der Waals surface area contributed by atoms with Gasteiger partial charge in [-0.2, -0.15) is 0 Å². The number of oxime groups is 1. The van der Waals surface area contributed by atoms with Gasteiger partial charge in [0.25, 0.3) is 0 Å². The van der Waals surface area contributed by atoms with Crippen molar-refractivity contribution in [2.24, 2.45) is 22.4 Å². The number of fused-ring (bicyclic) bond motifs is 2. The lowest BCUT2D eigenvalue weighted by molar-refractivity contribution is 0.000478. The van der Waals surface area contributed by atoms with Crippen LogP contribution in [-0.4, -0.2) is 17.8 Å². The van der Waals surface area contributed by atoms with Crippen LogP contribution in [0.1, 0.15) is 58.8 Å². The Bertz CT molecular complexity index is 475. The van der Waals surface area contributed by atoms with Crippen LogP contribution in [0.5, 0.6) is 0 Å². The van der Waals surface area contributed by atoms with E-state index in [0.717, 1.165) is 30.5 Å². The maximum atomic E-state index is 11.8. The Balaban J connectivity index is 1.52. The Morgan fingerprint density at radius 2 is 2.05 bits per heavy atom. The number of nitrogens with zero attached hydrogens (tertiary/aromatic N) is 1. The average molecular weight is 290 g/mol. The van der Waals surface area contributed by atoms with E-state index >= 15 is 0 Å². The van der Waals surface area contributed by atoms with Gasteiger partial charge in [0.05, 0.1) is 5.71 Å². The summed E-state index contributed by atoms with van der Waals surface area (Å²) in [5, 5.41) is 7.00. The van der Waals surface area contributed by atoms with E-state index in [1.807, 2.05) is 0 Å². The van der Waals surface area contributed by atoms with Crippen LogP contribution in [-0.2, 0) is 4.84 Å². The highest BCUT2D eigenvalue weighted by molar-refractivity contribution is 6.02. The van der Waals surface area contributed by atoms with Gasteiger partial charge in [-0.1, -0.05) is 44.8 Å². The van der Waals surface area contributed by atoms with E-state index in [0.29, 0.717) is 17.3 Å². The van der Waals surface area contributed by atoms with Crippen molar-refractivity contribution in [1.82, 2.24) is 5.32 Å². The smallest absolute Gasteiger partial charge is 0.317 e. The Labute approximate surface area is 127 Å². The summed E-state index contributed by atoms with van der Waals surface area (Å²) < 4.78 is 0. The lowest BCUT2D eigenvalue weighted by atomic mass is 9.47. The summed E-state index contributed by atoms with van der Waals surface area (Å²) in [6.07, 6.45) is 7.43. The van der Waals surface area contributed by atoms with E-state index in [9.17, 15) is 4.79 Å². The molecule has 2 bridgehead atoms. The van der Waals surface area contributed by atoms with E-state index < -0.39 is 6.09 Å². The monoisotopic (exact) mass is 290 g/mol. The van der Waals surface area contributed by atoms with Gasteiger partial charge < -0.3 is 5.32 Å².